The molecule has 0 heterocycles. The van der Waals surface area contributed by atoms with Crippen molar-refractivity contribution >= 4 is 0 Å². The van der Waals surface area contributed by atoms with Crippen LogP contribution in [-0.4, -0.2) is 4.19 Å². The zero-order chi connectivity index (χ0) is 4.50. The van der Waals surface area contributed by atoms with Gasteiger partial charge >= 0.3 is 80.0 Å². The number of hydrogen-bond donors (Lipinski definition) is 1. The summed E-state index contributed by atoms with van der Waals surface area (Å²) in [6, 6.07) is 0. The van der Waals surface area contributed by atoms with Gasteiger partial charge in [-0.1, -0.05) is 0 Å². The van der Waals surface area contributed by atoms with Crippen molar-refractivity contribution in [2.45, 2.75) is 0 Å². The van der Waals surface area contributed by atoms with Gasteiger partial charge in [0.25, 0.3) is 0 Å². The van der Waals surface area contributed by atoms with E-state index < -0.39 is 13.0 Å². The minimum atomic E-state index is -5.38. The summed E-state index contributed by atoms with van der Waals surface area (Å²) in [7, 11) is 0. The molecular weight excluding hydrogens is 210 g/mol. The van der Waals surface area contributed by atoms with E-state index in [1.165, 1.54) is 0 Å². The van der Waals surface area contributed by atoms with Gasteiger partial charge in [-0.2, -0.15) is 0 Å². The van der Waals surface area contributed by atoms with Gasteiger partial charge in [0.05, 0.1) is 0 Å². The fourth-order valence-corrected chi connectivity index (χ4v) is 0. The van der Waals surface area contributed by atoms with Gasteiger partial charge in [0.15, 0.2) is 0 Å². The Morgan fingerprint density at radius 1 is 1.29 bits per heavy atom. The van der Waals surface area contributed by atoms with Crippen molar-refractivity contribution in [3.8, 4) is 0 Å². The van der Waals surface area contributed by atoms with Gasteiger partial charge < -0.3 is 1.43 Å². The van der Waals surface area contributed by atoms with Gasteiger partial charge in [-0.15, -0.1) is 0 Å². The Morgan fingerprint density at radius 3 is 1.29 bits per heavy atom. The van der Waals surface area contributed by atoms with Crippen LogP contribution < -0.4 is 51.4 Å². The molecule has 0 bridgehead atoms. The van der Waals surface area contributed by atoms with E-state index in [4.69, 9.17) is 15.7 Å². The van der Waals surface area contributed by atoms with Crippen LogP contribution in [0, 0.1) is 0 Å². The van der Waals surface area contributed by atoms with Gasteiger partial charge in [-0.25, -0.2) is 0 Å². The summed E-state index contributed by atoms with van der Waals surface area (Å²) in [4.78, 5) is 0. The molecule has 0 amide bonds. The molecule has 0 rings (SSSR count). The van der Waals surface area contributed by atoms with E-state index in [9.17, 15) is 0 Å². The zero-order valence-electron chi connectivity index (χ0n) is 4.46. The Hall–Kier alpha value is 2.05. The fraction of sp³-hybridized carbons (Fsp3) is 0. The van der Waals surface area contributed by atoms with E-state index in [-0.39, 0.29) is 70.2 Å². The molecule has 7 heavy (non-hydrogen) atoms. The molecule has 0 unspecified atom stereocenters. The monoisotopic (exact) mass is 212 g/mol. The van der Waals surface area contributed by atoms with Crippen molar-refractivity contribution in [2.24, 2.45) is 0 Å². The first-order valence-corrected chi connectivity index (χ1v) is 2.61. The Bertz CT molecular complexity index is 137. The Labute approximate surface area is 96.9 Å². The molecule has 0 atom stereocenters. The number of hydrogen-bond acceptors (Lipinski definition) is 3. The first-order chi connectivity index (χ1) is 2.00. The molecule has 0 aliphatic rings. The average Bonchev–Trinajstić information content (AvgIpc) is 0.722. The molecule has 0 fully saturated rings. The van der Waals surface area contributed by atoms with Crippen LogP contribution in [0.1, 0.15) is 1.43 Å². The van der Waals surface area contributed by atoms with Crippen LogP contribution in [0.4, 0.5) is 0 Å². The molecule has 0 aliphatic heterocycles. The summed E-state index contributed by atoms with van der Waals surface area (Å²) in [5.74, 6) is 0. The van der Waals surface area contributed by atoms with Crippen LogP contribution in [0.25, 0.3) is 0 Å². The Kier molecular flexibility index (Phi) is 14.1. The summed E-state index contributed by atoms with van der Waals surface area (Å²) in [6.07, 6.45) is 0. The van der Waals surface area contributed by atoms with Crippen molar-refractivity contribution in [1.29, 1.82) is 0 Å². The normalized spacial score (nSPS) is 8.14. The third-order valence-corrected chi connectivity index (χ3v) is 0. The SMILES string of the molecule is [Cr].[H-].[K+].[O]=[Mn](=[O])(=[O])[OH]. The molecule has 0 spiro atoms. The predicted octanol–water partition coefficient (Wildman–Crippen LogP) is -3.80. The maximum absolute atomic E-state index is 8.69. The van der Waals surface area contributed by atoms with Gasteiger partial charge in [0.2, 0.25) is 0 Å². The molecule has 0 saturated carbocycles. The molecule has 0 radical (unpaired) electrons. The van der Waals surface area contributed by atoms with Crippen molar-refractivity contribution in [3.05, 3.63) is 0 Å². The van der Waals surface area contributed by atoms with Crippen LogP contribution in [0.5, 0.6) is 0 Å². The van der Waals surface area contributed by atoms with Crippen LogP contribution in [0.15, 0.2) is 0 Å². The van der Waals surface area contributed by atoms with Gasteiger partial charge in [-0.3, -0.25) is 0 Å². The van der Waals surface area contributed by atoms with Gasteiger partial charge in [-0.05, 0) is 0 Å². The maximum atomic E-state index is 8.69. The molecule has 0 saturated heterocycles. The van der Waals surface area contributed by atoms with Crippen LogP contribution >= 0.6 is 0 Å². The van der Waals surface area contributed by atoms with Crippen molar-refractivity contribution < 1.29 is 98.8 Å². The van der Waals surface area contributed by atoms with Gasteiger partial charge in [0.1, 0.15) is 0 Å². The van der Waals surface area contributed by atoms with Crippen LogP contribution in [0.3, 0.4) is 0 Å². The third kappa shape index (κ3) is 70.2. The topological polar surface area (TPSA) is 71.4 Å². The summed E-state index contributed by atoms with van der Waals surface area (Å²) < 4.78 is 33.1. The van der Waals surface area contributed by atoms with Gasteiger partial charge in [0, 0.05) is 17.4 Å². The molecule has 0 aromatic rings. The zero-order valence-corrected chi connectivity index (χ0v) is 9.04. The van der Waals surface area contributed by atoms with Crippen LogP contribution in [0.2, 0.25) is 0 Å². The van der Waals surface area contributed by atoms with Crippen molar-refractivity contribution in [3.63, 3.8) is 0 Å². The Morgan fingerprint density at radius 2 is 1.29 bits per heavy atom. The molecule has 7 heteroatoms. The third-order valence-electron chi connectivity index (χ3n) is 0. The molecule has 0 aromatic carbocycles. The Balaban J connectivity index is -0.0000000267. The molecule has 1 N–H and O–H groups in total. The molecule has 0 aliphatic carbocycles. The van der Waals surface area contributed by atoms with E-state index in [0.29, 0.717) is 0 Å². The molecule has 0 aromatic heterocycles. The predicted molar refractivity (Wildman–Crippen MR) is 5.39 cm³/mol. The first-order valence-electron chi connectivity index (χ1n) is 0.632. The summed E-state index contributed by atoms with van der Waals surface area (Å²) in [6.45, 7) is 0. The van der Waals surface area contributed by atoms with Crippen molar-refractivity contribution in [2.75, 3.05) is 0 Å². The summed E-state index contributed by atoms with van der Waals surface area (Å²) in [5.41, 5.74) is 0. The second-order valence-corrected chi connectivity index (χ2v) is 1.63. The second kappa shape index (κ2) is 6.17. The van der Waals surface area contributed by atoms with E-state index in [2.05, 4.69) is 0 Å². The quantitative estimate of drug-likeness (QED) is 0.418. The van der Waals surface area contributed by atoms with E-state index in [1.807, 2.05) is 0 Å². The fourth-order valence-electron chi connectivity index (χ4n) is 0. The van der Waals surface area contributed by atoms with E-state index >= 15 is 0 Å². The summed E-state index contributed by atoms with van der Waals surface area (Å²) >= 11 is -5.38. The molecule has 40 valence electrons. The first kappa shape index (κ1) is 16.0. The second-order valence-electron chi connectivity index (χ2n) is 0.396. The molecule has 4 nitrogen and oxygen atoms in total. The van der Waals surface area contributed by atoms with Crippen LogP contribution in [-0.2, 0) is 41.8 Å². The van der Waals surface area contributed by atoms with E-state index in [0.717, 1.165) is 0 Å². The number of rotatable bonds is 0. The molecular formula is H2CrKMnO4. The summed E-state index contributed by atoms with van der Waals surface area (Å²) in [5, 5.41) is 0. The van der Waals surface area contributed by atoms with Crippen molar-refractivity contribution in [1.82, 2.24) is 0 Å². The standard InChI is InChI=1S/Cr.K.Mn.H2O.3O.H/h;;;1H2;;;;/q;2*+1;;;;;-1/p-1. The average molecular weight is 212 g/mol. The minimum absolute atomic E-state index is 0. The van der Waals surface area contributed by atoms with E-state index in [1.54, 1.807) is 0 Å².